The van der Waals surface area contributed by atoms with Gasteiger partial charge in [-0.15, -0.1) is 0 Å². The Morgan fingerprint density at radius 3 is 2.54 bits per heavy atom. The largest absolute Gasteiger partial charge is 0.374 e. The van der Waals surface area contributed by atoms with E-state index in [-0.39, 0.29) is 0 Å². The lowest BCUT2D eigenvalue weighted by atomic mass is 9.96. The third-order valence-electron chi connectivity index (χ3n) is 2.88. The van der Waals surface area contributed by atoms with Crippen molar-refractivity contribution >= 4 is 0 Å². The zero-order valence-electron chi connectivity index (χ0n) is 9.18. The van der Waals surface area contributed by atoms with Crippen molar-refractivity contribution in [3.63, 3.8) is 0 Å². The minimum Gasteiger partial charge on any atom is -0.374 e. The highest BCUT2D eigenvalue weighted by Crippen LogP contribution is 2.23. The molecule has 0 saturated heterocycles. The number of rotatable bonds is 6. The Morgan fingerprint density at radius 1 is 1.38 bits per heavy atom. The van der Waals surface area contributed by atoms with Crippen LogP contribution in [0.1, 0.15) is 46.5 Å². The van der Waals surface area contributed by atoms with Gasteiger partial charge in [-0.2, -0.15) is 0 Å². The van der Waals surface area contributed by atoms with Crippen LogP contribution in [0.5, 0.6) is 0 Å². The molecule has 0 bridgehead atoms. The Kier molecular flexibility index (Phi) is 4.74. The summed E-state index contributed by atoms with van der Waals surface area (Å²) in [6.45, 7) is 7.67. The summed E-state index contributed by atoms with van der Waals surface area (Å²) in [7, 11) is 0. The summed E-state index contributed by atoms with van der Waals surface area (Å²) in [6, 6.07) is 0.487. The number of nitrogens with one attached hydrogen (secondary N) is 1. The summed E-state index contributed by atoms with van der Waals surface area (Å²) < 4.78 is 5.88. The molecule has 0 heterocycles. The van der Waals surface area contributed by atoms with Crippen LogP contribution in [0.3, 0.4) is 0 Å². The van der Waals surface area contributed by atoms with Gasteiger partial charge in [-0.25, -0.2) is 0 Å². The first-order valence-electron chi connectivity index (χ1n) is 5.63. The minimum atomic E-state index is 0.358. The summed E-state index contributed by atoms with van der Waals surface area (Å²) in [6.07, 6.45) is 6.00. The topological polar surface area (TPSA) is 21.3 Å². The second-order valence-electron chi connectivity index (χ2n) is 4.14. The van der Waals surface area contributed by atoms with Crippen molar-refractivity contribution in [3.05, 3.63) is 0 Å². The van der Waals surface area contributed by atoms with E-state index in [1.165, 1.54) is 25.7 Å². The van der Waals surface area contributed by atoms with Crippen LogP contribution in [0, 0.1) is 0 Å². The SMILES string of the molecule is CCCNC(C)C(C)OC1CCC1. The van der Waals surface area contributed by atoms with Gasteiger partial charge in [0.2, 0.25) is 0 Å². The molecule has 1 fully saturated rings. The van der Waals surface area contributed by atoms with E-state index in [2.05, 4.69) is 26.1 Å². The molecule has 0 aromatic carbocycles. The Bertz CT molecular complexity index is 134. The molecule has 2 unspecified atom stereocenters. The first-order chi connectivity index (χ1) is 6.24. The van der Waals surface area contributed by atoms with E-state index in [0.29, 0.717) is 18.2 Å². The average molecular weight is 185 g/mol. The van der Waals surface area contributed by atoms with Crippen LogP contribution in [-0.4, -0.2) is 24.8 Å². The molecule has 1 N–H and O–H groups in total. The van der Waals surface area contributed by atoms with E-state index in [9.17, 15) is 0 Å². The lowest BCUT2D eigenvalue weighted by molar-refractivity contribution is -0.0551. The van der Waals surface area contributed by atoms with Gasteiger partial charge in [-0.3, -0.25) is 0 Å². The predicted octanol–water partition coefficient (Wildman–Crippen LogP) is 2.33. The van der Waals surface area contributed by atoms with Crippen LogP contribution in [0.4, 0.5) is 0 Å². The fraction of sp³-hybridized carbons (Fsp3) is 1.00. The van der Waals surface area contributed by atoms with Crippen molar-refractivity contribution in [2.45, 2.75) is 64.7 Å². The average Bonchev–Trinajstić information content (AvgIpc) is 2.06. The first-order valence-corrected chi connectivity index (χ1v) is 5.63. The quantitative estimate of drug-likeness (QED) is 0.685. The Labute approximate surface area is 82.0 Å². The Hall–Kier alpha value is -0.0800. The maximum absolute atomic E-state index is 5.88. The summed E-state index contributed by atoms with van der Waals surface area (Å²) >= 11 is 0. The first kappa shape index (κ1) is 11.0. The van der Waals surface area contributed by atoms with Crippen molar-refractivity contribution in [1.29, 1.82) is 0 Å². The number of hydrogen-bond acceptors (Lipinski definition) is 2. The maximum atomic E-state index is 5.88. The van der Waals surface area contributed by atoms with E-state index < -0.39 is 0 Å². The second-order valence-corrected chi connectivity index (χ2v) is 4.14. The molecule has 1 aliphatic rings. The summed E-state index contributed by atoms with van der Waals surface area (Å²) in [5.74, 6) is 0. The molecule has 78 valence electrons. The lowest BCUT2D eigenvalue weighted by Gasteiger charge is -2.31. The third kappa shape index (κ3) is 3.65. The fourth-order valence-electron chi connectivity index (χ4n) is 1.47. The van der Waals surface area contributed by atoms with Crippen molar-refractivity contribution < 1.29 is 4.74 Å². The molecule has 1 saturated carbocycles. The molecule has 2 nitrogen and oxygen atoms in total. The second kappa shape index (κ2) is 5.61. The molecule has 1 aliphatic carbocycles. The van der Waals surface area contributed by atoms with E-state index in [4.69, 9.17) is 4.74 Å². The molecule has 0 aliphatic heterocycles. The predicted molar refractivity (Wildman–Crippen MR) is 55.9 cm³/mol. The molecule has 13 heavy (non-hydrogen) atoms. The summed E-state index contributed by atoms with van der Waals surface area (Å²) in [4.78, 5) is 0. The van der Waals surface area contributed by atoms with Gasteiger partial charge in [0, 0.05) is 6.04 Å². The van der Waals surface area contributed by atoms with Gasteiger partial charge in [0.15, 0.2) is 0 Å². The number of hydrogen-bond donors (Lipinski definition) is 1. The van der Waals surface area contributed by atoms with Crippen molar-refractivity contribution in [3.8, 4) is 0 Å². The highest BCUT2D eigenvalue weighted by Gasteiger charge is 2.22. The normalized spacial score (nSPS) is 22.4. The van der Waals surface area contributed by atoms with E-state index in [1.807, 2.05) is 0 Å². The highest BCUT2D eigenvalue weighted by atomic mass is 16.5. The van der Waals surface area contributed by atoms with Crippen molar-refractivity contribution in [2.24, 2.45) is 0 Å². The van der Waals surface area contributed by atoms with Gasteiger partial charge in [0.1, 0.15) is 0 Å². The van der Waals surface area contributed by atoms with E-state index in [1.54, 1.807) is 0 Å². The van der Waals surface area contributed by atoms with E-state index in [0.717, 1.165) is 6.54 Å². The molecule has 0 aromatic heterocycles. The van der Waals surface area contributed by atoms with Crippen molar-refractivity contribution in [1.82, 2.24) is 5.32 Å². The van der Waals surface area contributed by atoms with Crippen LogP contribution in [-0.2, 0) is 4.74 Å². The third-order valence-corrected chi connectivity index (χ3v) is 2.88. The van der Waals surface area contributed by atoms with Crippen LogP contribution >= 0.6 is 0 Å². The van der Waals surface area contributed by atoms with Crippen LogP contribution in [0.25, 0.3) is 0 Å². The molecule has 1 rings (SSSR count). The van der Waals surface area contributed by atoms with Gasteiger partial charge < -0.3 is 10.1 Å². The molecule has 0 aromatic rings. The standard InChI is InChI=1S/C11H23NO/c1-4-8-12-9(2)10(3)13-11-6-5-7-11/h9-12H,4-8H2,1-3H3. The molecular formula is C11H23NO. The van der Waals surface area contributed by atoms with Gasteiger partial charge in [-0.05, 0) is 46.1 Å². The highest BCUT2D eigenvalue weighted by molar-refractivity contribution is 4.75. The molecule has 2 atom stereocenters. The molecule has 0 radical (unpaired) electrons. The Balaban J connectivity index is 2.09. The van der Waals surface area contributed by atoms with Crippen molar-refractivity contribution in [2.75, 3.05) is 6.54 Å². The fourth-order valence-corrected chi connectivity index (χ4v) is 1.47. The van der Waals surface area contributed by atoms with Crippen LogP contribution in [0.15, 0.2) is 0 Å². The van der Waals surface area contributed by atoms with Crippen LogP contribution < -0.4 is 5.32 Å². The zero-order valence-corrected chi connectivity index (χ0v) is 9.18. The monoisotopic (exact) mass is 185 g/mol. The Morgan fingerprint density at radius 2 is 2.08 bits per heavy atom. The van der Waals surface area contributed by atoms with Gasteiger partial charge >= 0.3 is 0 Å². The zero-order chi connectivity index (χ0) is 9.68. The molecule has 2 heteroatoms. The van der Waals surface area contributed by atoms with Gasteiger partial charge in [-0.1, -0.05) is 6.92 Å². The summed E-state index contributed by atoms with van der Waals surface area (Å²) in [5, 5.41) is 3.46. The molecular weight excluding hydrogens is 162 g/mol. The van der Waals surface area contributed by atoms with Gasteiger partial charge in [0.25, 0.3) is 0 Å². The minimum absolute atomic E-state index is 0.358. The van der Waals surface area contributed by atoms with Gasteiger partial charge in [0.05, 0.1) is 12.2 Å². The van der Waals surface area contributed by atoms with E-state index >= 15 is 0 Å². The molecule has 0 amide bonds. The number of ether oxygens (including phenoxy) is 1. The smallest absolute Gasteiger partial charge is 0.0700 e. The lowest BCUT2D eigenvalue weighted by Crippen LogP contribution is -2.40. The summed E-state index contributed by atoms with van der Waals surface area (Å²) in [5.41, 5.74) is 0. The molecule has 0 spiro atoms. The van der Waals surface area contributed by atoms with Crippen LogP contribution in [0.2, 0.25) is 0 Å². The maximum Gasteiger partial charge on any atom is 0.0700 e.